The molecule has 1 aliphatic heterocycles. The predicted octanol–water partition coefficient (Wildman–Crippen LogP) is 4.08. The summed E-state index contributed by atoms with van der Waals surface area (Å²) in [6.45, 7) is 1.74. The van der Waals surface area contributed by atoms with Crippen LogP contribution in [0, 0.1) is 5.82 Å². The molecule has 6 heteroatoms. The van der Waals surface area contributed by atoms with Crippen LogP contribution in [-0.4, -0.2) is 34.0 Å². The van der Waals surface area contributed by atoms with Crippen molar-refractivity contribution in [2.45, 2.75) is 37.2 Å². The summed E-state index contributed by atoms with van der Waals surface area (Å²) in [4.78, 5) is 2.29. The average Bonchev–Trinajstić information content (AvgIpc) is 3.47. The van der Waals surface area contributed by atoms with Gasteiger partial charge in [0.2, 0.25) is 5.95 Å². The van der Waals surface area contributed by atoms with Gasteiger partial charge in [-0.3, -0.25) is 4.57 Å². The summed E-state index contributed by atoms with van der Waals surface area (Å²) in [5.41, 5.74) is 1.35. The van der Waals surface area contributed by atoms with Crippen molar-refractivity contribution in [2.24, 2.45) is 7.05 Å². The number of benzene rings is 2. The lowest BCUT2D eigenvalue weighted by atomic mass is 9.95. The second-order valence-corrected chi connectivity index (χ2v) is 8.09. The first kappa shape index (κ1) is 18.2. The highest BCUT2D eigenvalue weighted by atomic mass is 19.1. The zero-order valence-corrected chi connectivity index (χ0v) is 16.6. The summed E-state index contributed by atoms with van der Waals surface area (Å²) in [5, 5.41) is 9.15. The molecule has 2 aromatic carbocycles. The number of halogens is 1. The first-order valence-electron chi connectivity index (χ1n) is 10.3. The Labute approximate surface area is 170 Å². The molecule has 2 fully saturated rings. The number of aromatic nitrogens is 3. The molecule has 29 heavy (non-hydrogen) atoms. The lowest BCUT2D eigenvalue weighted by Crippen LogP contribution is -2.39. The highest BCUT2D eigenvalue weighted by molar-refractivity contribution is 5.43. The van der Waals surface area contributed by atoms with E-state index in [1.54, 1.807) is 12.1 Å². The molecule has 1 saturated heterocycles. The van der Waals surface area contributed by atoms with Crippen LogP contribution in [0.25, 0.3) is 0 Å². The van der Waals surface area contributed by atoms with Crippen molar-refractivity contribution < 1.29 is 9.13 Å². The third-order valence-corrected chi connectivity index (χ3v) is 6.20. The van der Waals surface area contributed by atoms with E-state index in [9.17, 15) is 4.39 Å². The van der Waals surface area contributed by atoms with Crippen LogP contribution in [0.3, 0.4) is 0 Å². The number of anilines is 1. The summed E-state index contributed by atoms with van der Waals surface area (Å²) in [6, 6.07) is 16.9. The monoisotopic (exact) mass is 392 g/mol. The topological polar surface area (TPSA) is 43.2 Å². The minimum Gasteiger partial charge on any atom is -0.490 e. The molecule has 0 N–H and O–H groups in total. The molecule has 3 aromatic rings. The molecule has 0 radical (unpaired) electrons. The third kappa shape index (κ3) is 3.37. The minimum atomic E-state index is -0.241. The van der Waals surface area contributed by atoms with Crippen LogP contribution >= 0.6 is 0 Å². The van der Waals surface area contributed by atoms with Gasteiger partial charge in [0.15, 0.2) is 0 Å². The summed E-state index contributed by atoms with van der Waals surface area (Å²) in [7, 11) is 2.08. The van der Waals surface area contributed by atoms with E-state index in [4.69, 9.17) is 4.74 Å². The second-order valence-electron chi connectivity index (χ2n) is 8.09. The molecule has 0 unspecified atom stereocenters. The lowest BCUT2D eigenvalue weighted by Gasteiger charge is -2.32. The minimum absolute atomic E-state index is 0.0191. The van der Waals surface area contributed by atoms with Gasteiger partial charge < -0.3 is 9.64 Å². The molecule has 1 aliphatic carbocycles. The van der Waals surface area contributed by atoms with Crippen molar-refractivity contribution in [3.63, 3.8) is 0 Å². The van der Waals surface area contributed by atoms with Crippen LogP contribution in [0.4, 0.5) is 10.3 Å². The third-order valence-electron chi connectivity index (χ3n) is 6.20. The Hall–Kier alpha value is -2.89. The van der Waals surface area contributed by atoms with Crippen molar-refractivity contribution in [1.82, 2.24) is 14.8 Å². The Morgan fingerprint density at radius 2 is 1.66 bits per heavy atom. The van der Waals surface area contributed by atoms with Crippen molar-refractivity contribution in [1.29, 1.82) is 0 Å². The number of hydrogen-bond donors (Lipinski definition) is 0. The van der Waals surface area contributed by atoms with Gasteiger partial charge in [0.05, 0.1) is 5.41 Å². The Kier molecular flexibility index (Phi) is 4.49. The van der Waals surface area contributed by atoms with Gasteiger partial charge in [-0.25, -0.2) is 4.39 Å². The van der Waals surface area contributed by atoms with Crippen LogP contribution in [0.5, 0.6) is 5.75 Å². The number of nitrogens with zero attached hydrogens (tertiary/aromatic N) is 4. The highest BCUT2D eigenvalue weighted by Gasteiger charge is 2.50. The van der Waals surface area contributed by atoms with E-state index in [2.05, 4.69) is 57.0 Å². The molecule has 0 amide bonds. The van der Waals surface area contributed by atoms with E-state index < -0.39 is 0 Å². The fourth-order valence-corrected chi connectivity index (χ4v) is 4.42. The molecule has 150 valence electrons. The first-order valence-corrected chi connectivity index (χ1v) is 10.3. The molecule has 1 aromatic heterocycles. The molecular formula is C23H25FN4O. The van der Waals surface area contributed by atoms with Crippen LogP contribution < -0.4 is 9.64 Å². The van der Waals surface area contributed by atoms with E-state index in [-0.39, 0.29) is 17.3 Å². The highest BCUT2D eigenvalue weighted by Crippen LogP contribution is 2.52. The quantitative estimate of drug-likeness (QED) is 0.656. The first-order chi connectivity index (χ1) is 14.2. The summed E-state index contributed by atoms with van der Waals surface area (Å²) in [6.07, 6.45) is 4.20. The van der Waals surface area contributed by atoms with Crippen molar-refractivity contribution in [3.8, 4) is 5.75 Å². The van der Waals surface area contributed by atoms with Crippen LogP contribution in [0.15, 0.2) is 54.6 Å². The number of hydrogen-bond acceptors (Lipinski definition) is 4. The van der Waals surface area contributed by atoms with Crippen molar-refractivity contribution in [2.75, 3.05) is 18.0 Å². The molecule has 1 saturated carbocycles. The van der Waals surface area contributed by atoms with Crippen LogP contribution in [0.1, 0.15) is 37.1 Å². The van der Waals surface area contributed by atoms with Gasteiger partial charge in [0, 0.05) is 33.0 Å². The Bertz CT molecular complexity index is 974. The molecule has 5 rings (SSSR count). The van der Waals surface area contributed by atoms with Gasteiger partial charge in [-0.05, 0) is 42.7 Å². The van der Waals surface area contributed by atoms with Crippen LogP contribution in [0.2, 0.25) is 0 Å². The molecule has 2 heterocycles. The number of rotatable bonds is 5. The van der Waals surface area contributed by atoms with E-state index in [0.717, 1.165) is 56.3 Å². The molecule has 5 nitrogen and oxygen atoms in total. The van der Waals surface area contributed by atoms with E-state index in [1.165, 1.54) is 17.7 Å². The molecule has 2 aliphatic rings. The van der Waals surface area contributed by atoms with Gasteiger partial charge in [-0.1, -0.05) is 30.3 Å². The zero-order chi connectivity index (χ0) is 19.8. The van der Waals surface area contributed by atoms with Crippen molar-refractivity contribution in [3.05, 3.63) is 71.8 Å². The Morgan fingerprint density at radius 1 is 0.966 bits per heavy atom. The van der Waals surface area contributed by atoms with E-state index in [1.807, 2.05) is 0 Å². The SMILES string of the molecule is Cn1c(N2CCC(Oc3ccc(F)cc3)CC2)nnc1C1(c2ccccc2)CC1. The maximum Gasteiger partial charge on any atom is 0.226 e. The average molecular weight is 392 g/mol. The van der Waals surface area contributed by atoms with Gasteiger partial charge in [0.1, 0.15) is 23.5 Å². The summed E-state index contributed by atoms with van der Waals surface area (Å²) < 4.78 is 21.2. The molecule has 0 bridgehead atoms. The smallest absolute Gasteiger partial charge is 0.226 e. The number of ether oxygens (including phenoxy) is 1. The van der Waals surface area contributed by atoms with Gasteiger partial charge >= 0.3 is 0 Å². The fraction of sp³-hybridized carbons (Fsp3) is 0.391. The normalized spacial score (nSPS) is 18.6. The van der Waals surface area contributed by atoms with Gasteiger partial charge in [-0.2, -0.15) is 0 Å². The predicted molar refractivity (Wildman–Crippen MR) is 110 cm³/mol. The van der Waals surface area contributed by atoms with Gasteiger partial charge in [0.25, 0.3) is 0 Å². The summed E-state index contributed by atoms with van der Waals surface area (Å²) >= 11 is 0. The molecule has 0 spiro atoms. The molecule has 0 atom stereocenters. The maximum absolute atomic E-state index is 13.1. The fourth-order valence-electron chi connectivity index (χ4n) is 4.42. The van der Waals surface area contributed by atoms with Crippen LogP contribution in [-0.2, 0) is 12.5 Å². The van der Waals surface area contributed by atoms with Gasteiger partial charge in [-0.15, -0.1) is 10.2 Å². The van der Waals surface area contributed by atoms with E-state index in [0.29, 0.717) is 0 Å². The van der Waals surface area contributed by atoms with E-state index >= 15 is 0 Å². The Morgan fingerprint density at radius 3 is 2.31 bits per heavy atom. The maximum atomic E-state index is 13.1. The Balaban J connectivity index is 1.27. The standard InChI is InChI=1S/C23H25FN4O/c1-27-21(23(13-14-23)17-5-3-2-4-6-17)25-26-22(27)28-15-11-20(12-16-28)29-19-9-7-18(24)8-10-19/h2-10,20H,11-16H2,1H3. The second kappa shape index (κ2) is 7.17. The van der Waals surface area contributed by atoms with Crippen molar-refractivity contribution >= 4 is 5.95 Å². The lowest BCUT2D eigenvalue weighted by molar-refractivity contribution is 0.170. The summed E-state index contributed by atoms with van der Waals surface area (Å²) in [5.74, 6) is 2.48. The largest absolute Gasteiger partial charge is 0.490 e. The number of piperidine rings is 1. The molecular weight excluding hydrogens is 367 g/mol. The zero-order valence-electron chi connectivity index (χ0n) is 16.6.